The molecule has 2 aromatic rings. The average molecular weight is 366 g/mol. The van der Waals surface area contributed by atoms with Crippen LogP contribution in [-0.4, -0.2) is 27.1 Å². The summed E-state index contributed by atoms with van der Waals surface area (Å²) in [7, 11) is -2.76. The second kappa shape index (κ2) is 7.84. The zero-order chi connectivity index (χ0) is 18.4. The Bertz CT molecular complexity index is 867. The van der Waals surface area contributed by atoms with Gasteiger partial charge in [0.1, 0.15) is 5.75 Å². The van der Waals surface area contributed by atoms with Crippen molar-refractivity contribution in [2.45, 2.75) is 18.2 Å². The largest absolute Gasteiger partial charge is 0.491 e. The van der Waals surface area contributed by atoms with E-state index in [0.29, 0.717) is 12.4 Å². The summed E-state index contributed by atoms with van der Waals surface area (Å²) in [5.41, 5.74) is -0.171. The summed E-state index contributed by atoms with van der Waals surface area (Å²) in [6.45, 7) is 2.37. The number of nitrogens with zero attached hydrogens (tertiary/aromatic N) is 1. The normalized spacial score (nSPS) is 11.0. The summed E-state index contributed by atoms with van der Waals surface area (Å²) in [6.07, 6.45) is 0.770. The second-order valence-electron chi connectivity index (χ2n) is 5.04. The Kier molecular flexibility index (Phi) is 5.81. The van der Waals surface area contributed by atoms with Crippen molar-refractivity contribution in [1.82, 2.24) is 0 Å². The summed E-state index contributed by atoms with van der Waals surface area (Å²) in [4.78, 5) is 10.1. The van der Waals surface area contributed by atoms with Gasteiger partial charge in [-0.2, -0.15) is 0 Å². The van der Waals surface area contributed by atoms with Crippen LogP contribution in [0.4, 0.5) is 11.4 Å². The molecule has 2 rings (SSSR count). The zero-order valence-corrected chi connectivity index (χ0v) is 14.6. The van der Waals surface area contributed by atoms with Gasteiger partial charge in [0.2, 0.25) is 0 Å². The molecule has 0 saturated heterocycles. The lowest BCUT2D eigenvalue weighted by Gasteiger charge is -2.13. The van der Waals surface area contributed by atoms with Gasteiger partial charge in [-0.15, -0.1) is 0 Å². The molecule has 25 heavy (non-hydrogen) atoms. The number of ether oxygens (including phenoxy) is 2. The van der Waals surface area contributed by atoms with Crippen LogP contribution in [0.15, 0.2) is 47.4 Å². The van der Waals surface area contributed by atoms with Crippen molar-refractivity contribution in [3.63, 3.8) is 0 Å². The maximum Gasteiger partial charge on any atom is 0.312 e. The molecular formula is C16H18N2O6S. The number of nitro groups is 1. The summed E-state index contributed by atoms with van der Waals surface area (Å²) >= 11 is 0. The Morgan fingerprint density at radius 2 is 1.88 bits per heavy atom. The first-order valence-corrected chi connectivity index (χ1v) is 8.94. The van der Waals surface area contributed by atoms with E-state index < -0.39 is 20.6 Å². The lowest BCUT2D eigenvalue weighted by Crippen LogP contribution is -2.14. The van der Waals surface area contributed by atoms with Gasteiger partial charge in [0.25, 0.3) is 10.0 Å². The van der Waals surface area contributed by atoms with Crippen molar-refractivity contribution >= 4 is 21.4 Å². The minimum atomic E-state index is -4.03. The highest BCUT2D eigenvalue weighted by molar-refractivity contribution is 7.92. The summed E-state index contributed by atoms with van der Waals surface area (Å²) in [6, 6.07) is 10.0. The topological polar surface area (TPSA) is 108 Å². The molecule has 0 fully saturated rings. The van der Waals surface area contributed by atoms with Crippen molar-refractivity contribution in [3.8, 4) is 11.5 Å². The Morgan fingerprint density at radius 3 is 2.52 bits per heavy atom. The maximum atomic E-state index is 12.6. The molecule has 0 heterocycles. The molecule has 0 aliphatic rings. The highest BCUT2D eigenvalue weighted by Gasteiger charge is 2.23. The van der Waals surface area contributed by atoms with Gasteiger partial charge in [0, 0.05) is 6.07 Å². The van der Waals surface area contributed by atoms with Gasteiger partial charge < -0.3 is 9.47 Å². The van der Waals surface area contributed by atoms with Crippen LogP contribution in [0.25, 0.3) is 0 Å². The summed E-state index contributed by atoms with van der Waals surface area (Å²) in [5, 5.41) is 11.1. The van der Waals surface area contributed by atoms with E-state index in [-0.39, 0.29) is 16.3 Å². The molecule has 0 spiro atoms. The number of sulfonamides is 1. The van der Waals surface area contributed by atoms with Gasteiger partial charge in [-0.3, -0.25) is 14.8 Å². The maximum absolute atomic E-state index is 12.6. The molecule has 134 valence electrons. The molecular weight excluding hydrogens is 348 g/mol. The Morgan fingerprint density at radius 1 is 1.16 bits per heavy atom. The Labute approximate surface area is 145 Å². The van der Waals surface area contributed by atoms with Crippen LogP contribution >= 0.6 is 0 Å². The van der Waals surface area contributed by atoms with Crippen LogP contribution < -0.4 is 14.2 Å². The average Bonchev–Trinajstić information content (AvgIpc) is 2.60. The first-order chi connectivity index (χ1) is 11.9. The second-order valence-corrected chi connectivity index (χ2v) is 6.72. The molecule has 8 nitrogen and oxygen atoms in total. The van der Waals surface area contributed by atoms with Crippen LogP contribution in [-0.2, 0) is 10.0 Å². The van der Waals surface area contributed by atoms with E-state index in [9.17, 15) is 18.5 Å². The number of methoxy groups -OCH3 is 1. The first kappa shape index (κ1) is 18.5. The predicted molar refractivity (Wildman–Crippen MR) is 92.7 cm³/mol. The molecule has 9 heteroatoms. The lowest BCUT2D eigenvalue weighted by molar-refractivity contribution is -0.386. The van der Waals surface area contributed by atoms with E-state index >= 15 is 0 Å². The van der Waals surface area contributed by atoms with Crippen LogP contribution in [0, 0.1) is 10.1 Å². The SMILES string of the molecule is CCCOc1ccccc1NS(=O)(=O)c1ccc(OC)c([N+](=O)[O-])c1. The molecule has 0 aliphatic carbocycles. The number of nitrogens with one attached hydrogen (secondary N) is 1. The van der Waals surface area contributed by atoms with Crippen molar-refractivity contribution in [2.75, 3.05) is 18.4 Å². The van der Waals surface area contributed by atoms with Crippen LogP contribution in [0.2, 0.25) is 0 Å². The third-order valence-corrected chi connectivity index (χ3v) is 4.61. The van der Waals surface area contributed by atoms with Gasteiger partial charge >= 0.3 is 5.69 Å². The Hall–Kier alpha value is -2.81. The monoisotopic (exact) mass is 366 g/mol. The number of anilines is 1. The van der Waals surface area contributed by atoms with Crippen LogP contribution in [0.1, 0.15) is 13.3 Å². The van der Waals surface area contributed by atoms with E-state index in [1.807, 2.05) is 6.92 Å². The van der Waals surface area contributed by atoms with E-state index in [2.05, 4.69) is 4.72 Å². The number of hydrogen-bond donors (Lipinski definition) is 1. The number of hydrogen-bond acceptors (Lipinski definition) is 6. The van der Waals surface area contributed by atoms with Crippen LogP contribution in [0.3, 0.4) is 0 Å². The van der Waals surface area contributed by atoms with E-state index in [0.717, 1.165) is 12.5 Å². The molecule has 0 radical (unpaired) electrons. The highest BCUT2D eigenvalue weighted by Crippen LogP contribution is 2.31. The number of para-hydroxylation sites is 2. The third kappa shape index (κ3) is 4.38. The van der Waals surface area contributed by atoms with Crippen LogP contribution in [0.5, 0.6) is 11.5 Å². The lowest BCUT2D eigenvalue weighted by atomic mass is 10.3. The van der Waals surface area contributed by atoms with Crippen molar-refractivity contribution < 1.29 is 22.8 Å². The number of rotatable bonds is 8. The number of benzene rings is 2. The fraction of sp³-hybridized carbons (Fsp3) is 0.250. The molecule has 2 aromatic carbocycles. The fourth-order valence-electron chi connectivity index (χ4n) is 2.07. The standard InChI is InChI=1S/C16H18N2O6S/c1-3-10-24-15-7-5-4-6-13(15)17-25(21,22)12-8-9-16(23-2)14(11-12)18(19)20/h4-9,11,17H,3,10H2,1-2H3. The predicted octanol–water partition coefficient (Wildman–Crippen LogP) is 3.19. The minimum Gasteiger partial charge on any atom is -0.491 e. The van der Waals surface area contributed by atoms with Crippen molar-refractivity contribution in [3.05, 3.63) is 52.6 Å². The van der Waals surface area contributed by atoms with E-state index in [1.165, 1.54) is 19.2 Å². The summed E-state index contributed by atoms with van der Waals surface area (Å²) in [5.74, 6) is 0.367. The molecule has 0 amide bonds. The van der Waals surface area contributed by atoms with Crippen molar-refractivity contribution in [1.29, 1.82) is 0 Å². The van der Waals surface area contributed by atoms with Crippen molar-refractivity contribution in [2.24, 2.45) is 0 Å². The van der Waals surface area contributed by atoms with E-state index in [4.69, 9.17) is 9.47 Å². The van der Waals surface area contributed by atoms with Gasteiger partial charge in [-0.05, 0) is 30.7 Å². The first-order valence-electron chi connectivity index (χ1n) is 7.46. The smallest absolute Gasteiger partial charge is 0.312 e. The quantitative estimate of drug-likeness (QED) is 0.568. The molecule has 0 saturated carbocycles. The van der Waals surface area contributed by atoms with Gasteiger partial charge in [-0.25, -0.2) is 8.42 Å². The molecule has 0 bridgehead atoms. The summed E-state index contributed by atoms with van der Waals surface area (Å²) < 4.78 is 37.9. The molecule has 0 aliphatic heterocycles. The zero-order valence-electron chi connectivity index (χ0n) is 13.8. The van der Waals surface area contributed by atoms with E-state index in [1.54, 1.807) is 24.3 Å². The Balaban J connectivity index is 2.37. The van der Waals surface area contributed by atoms with Gasteiger partial charge in [0.05, 0.1) is 29.2 Å². The minimum absolute atomic E-state index is 0.0179. The highest BCUT2D eigenvalue weighted by atomic mass is 32.2. The molecule has 1 N–H and O–H groups in total. The molecule has 0 unspecified atom stereocenters. The molecule has 0 atom stereocenters. The number of nitro benzene ring substituents is 1. The van der Waals surface area contributed by atoms with Gasteiger partial charge in [0.15, 0.2) is 5.75 Å². The molecule has 0 aromatic heterocycles. The van der Waals surface area contributed by atoms with Gasteiger partial charge in [-0.1, -0.05) is 19.1 Å². The third-order valence-electron chi connectivity index (χ3n) is 3.25. The fourth-order valence-corrected chi connectivity index (χ4v) is 3.16.